The molecule has 0 atom stereocenters. The molecule has 2 aromatic rings. The number of rotatable bonds is 4. The van der Waals surface area contributed by atoms with Gasteiger partial charge >= 0.3 is 0 Å². The van der Waals surface area contributed by atoms with E-state index in [-0.39, 0.29) is 11.5 Å². The van der Waals surface area contributed by atoms with Crippen LogP contribution in [0.5, 0.6) is 0 Å². The van der Waals surface area contributed by atoms with Crippen LogP contribution in [0, 0.1) is 0 Å². The number of nitrogens with one attached hydrogen (secondary N) is 1. The van der Waals surface area contributed by atoms with Crippen LogP contribution in [-0.2, 0) is 12.8 Å². The van der Waals surface area contributed by atoms with Gasteiger partial charge < -0.3 is 4.98 Å². The highest BCUT2D eigenvalue weighted by atomic mass is 16.1. The predicted octanol–water partition coefficient (Wildman–Crippen LogP) is 3.05. The molecular weight excluding hydrogens is 236 g/mol. The third-order valence-corrected chi connectivity index (χ3v) is 3.23. The summed E-state index contributed by atoms with van der Waals surface area (Å²) in [5, 5.41) is 0. The lowest BCUT2D eigenvalue weighted by molar-refractivity contribution is 0.741. The maximum atomic E-state index is 12.1. The Hall–Kier alpha value is -1.90. The minimum atomic E-state index is 0.00660. The van der Waals surface area contributed by atoms with Crippen LogP contribution in [0.25, 0.3) is 0 Å². The second kappa shape index (κ2) is 5.83. The van der Waals surface area contributed by atoms with Gasteiger partial charge in [0.05, 0.1) is 5.69 Å². The summed E-state index contributed by atoms with van der Waals surface area (Å²) < 4.78 is 0. The van der Waals surface area contributed by atoms with Gasteiger partial charge in [-0.25, -0.2) is 4.98 Å². The molecule has 2 rings (SSSR count). The smallest absolute Gasteiger partial charge is 0.254 e. The summed E-state index contributed by atoms with van der Waals surface area (Å²) in [7, 11) is 0. The number of aromatic nitrogens is 2. The Morgan fingerprint density at radius 2 is 1.89 bits per heavy atom. The SMILES string of the molecule is CCc1c(Cc2ccccc2)nc(C(C)C)[nH]c1=O. The van der Waals surface area contributed by atoms with Crippen LogP contribution in [-0.4, -0.2) is 9.97 Å². The minimum Gasteiger partial charge on any atom is -0.310 e. The molecule has 1 aromatic heterocycles. The molecule has 1 heterocycles. The van der Waals surface area contributed by atoms with Crippen molar-refractivity contribution in [2.45, 2.75) is 39.5 Å². The Morgan fingerprint density at radius 1 is 1.21 bits per heavy atom. The average molecular weight is 256 g/mol. The highest BCUT2D eigenvalue weighted by molar-refractivity contribution is 5.27. The van der Waals surface area contributed by atoms with Crippen molar-refractivity contribution in [3.05, 3.63) is 63.3 Å². The van der Waals surface area contributed by atoms with Crippen LogP contribution in [0.3, 0.4) is 0 Å². The largest absolute Gasteiger partial charge is 0.310 e. The summed E-state index contributed by atoms with van der Waals surface area (Å²) in [5.41, 5.74) is 2.89. The molecule has 0 saturated carbocycles. The topological polar surface area (TPSA) is 45.8 Å². The molecular formula is C16H20N2O. The lowest BCUT2D eigenvalue weighted by Gasteiger charge is -2.11. The summed E-state index contributed by atoms with van der Waals surface area (Å²) in [5.74, 6) is 1.00. The second-order valence-electron chi connectivity index (χ2n) is 5.05. The first-order valence-electron chi connectivity index (χ1n) is 6.77. The van der Waals surface area contributed by atoms with Crippen molar-refractivity contribution in [3.63, 3.8) is 0 Å². The maximum absolute atomic E-state index is 12.1. The zero-order valence-corrected chi connectivity index (χ0v) is 11.7. The third-order valence-electron chi connectivity index (χ3n) is 3.23. The van der Waals surface area contributed by atoms with E-state index in [0.29, 0.717) is 12.8 Å². The van der Waals surface area contributed by atoms with E-state index >= 15 is 0 Å². The molecule has 100 valence electrons. The van der Waals surface area contributed by atoms with E-state index in [1.54, 1.807) is 0 Å². The van der Waals surface area contributed by atoms with E-state index in [0.717, 1.165) is 17.1 Å². The molecule has 1 N–H and O–H groups in total. The van der Waals surface area contributed by atoms with Crippen molar-refractivity contribution >= 4 is 0 Å². The Morgan fingerprint density at radius 3 is 2.47 bits per heavy atom. The van der Waals surface area contributed by atoms with Gasteiger partial charge in [-0.15, -0.1) is 0 Å². The summed E-state index contributed by atoms with van der Waals surface area (Å²) in [6, 6.07) is 10.2. The summed E-state index contributed by atoms with van der Waals surface area (Å²) >= 11 is 0. The fraction of sp³-hybridized carbons (Fsp3) is 0.375. The van der Waals surface area contributed by atoms with E-state index < -0.39 is 0 Å². The molecule has 0 amide bonds. The molecule has 3 heteroatoms. The molecule has 3 nitrogen and oxygen atoms in total. The highest BCUT2D eigenvalue weighted by Crippen LogP contribution is 2.13. The average Bonchev–Trinajstić information content (AvgIpc) is 2.39. The van der Waals surface area contributed by atoms with Gasteiger partial charge in [-0.3, -0.25) is 4.79 Å². The summed E-state index contributed by atoms with van der Waals surface area (Å²) in [4.78, 5) is 19.6. The molecule has 0 aliphatic carbocycles. The van der Waals surface area contributed by atoms with Gasteiger partial charge in [-0.2, -0.15) is 0 Å². The second-order valence-corrected chi connectivity index (χ2v) is 5.05. The quantitative estimate of drug-likeness (QED) is 0.913. The van der Waals surface area contributed by atoms with Gasteiger partial charge in [0.2, 0.25) is 0 Å². The van der Waals surface area contributed by atoms with E-state index in [2.05, 4.69) is 22.1 Å². The molecule has 19 heavy (non-hydrogen) atoms. The normalized spacial score (nSPS) is 10.9. The highest BCUT2D eigenvalue weighted by Gasteiger charge is 2.12. The first-order valence-corrected chi connectivity index (χ1v) is 6.77. The van der Waals surface area contributed by atoms with E-state index in [4.69, 9.17) is 0 Å². The number of hydrogen-bond acceptors (Lipinski definition) is 2. The molecule has 0 aliphatic heterocycles. The van der Waals surface area contributed by atoms with Gasteiger partial charge in [-0.05, 0) is 12.0 Å². The lowest BCUT2D eigenvalue weighted by Crippen LogP contribution is -2.20. The lowest BCUT2D eigenvalue weighted by atomic mass is 10.0. The van der Waals surface area contributed by atoms with Crippen molar-refractivity contribution in [1.82, 2.24) is 9.97 Å². The minimum absolute atomic E-state index is 0.00660. The number of hydrogen-bond donors (Lipinski definition) is 1. The van der Waals surface area contributed by atoms with Crippen LogP contribution in [0.1, 0.15) is 49.3 Å². The van der Waals surface area contributed by atoms with Crippen LogP contribution in [0.2, 0.25) is 0 Å². The summed E-state index contributed by atoms with van der Waals surface area (Å²) in [6.07, 6.45) is 1.43. The van der Waals surface area contributed by atoms with Crippen LogP contribution in [0.15, 0.2) is 35.1 Å². The van der Waals surface area contributed by atoms with Gasteiger partial charge in [0, 0.05) is 17.9 Å². The Kier molecular flexibility index (Phi) is 4.15. The number of nitrogens with zero attached hydrogens (tertiary/aromatic N) is 1. The first-order chi connectivity index (χ1) is 9.11. The zero-order valence-electron chi connectivity index (χ0n) is 11.7. The molecule has 0 spiro atoms. The molecule has 0 aliphatic rings. The zero-order chi connectivity index (χ0) is 13.8. The maximum Gasteiger partial charge on any atom is 0.254 e. The van der Waals surface area contributed by atoms with Crippen LogP contribution in [0.4, 0.5) is 0 Å². The van der Waals surface area contributed by atoms with Gasteiger partial charge in [0.1, 0.15) is 5.82 Å². The first kappa shape index (κ1) is 13.5. The van der Waals surface area contributed by atoms with Crippen molar-refractivity contribution < 1.29 is 0 Å². The van der Waals surface area contributed by atoms with E-state index in [9.17, 15) is 4.79 Å². The number of aromatic amines is 1. The van der Waals surface area contributed by atoms with Gasteiger partial charge in [0.15, 0.2) is 0 Å². The number of H-pyrrole nitrogens is 1. The van der Waals surface area contributed by atoms with Gasteiger partial charge in [-0.1, -0.05) is 51.1 Å². The molecule has 0 saturated heterocycles. The van der Waals surface area contributed by atoms with Crippen molar-refractivity contribution in [2.24, 2.45) is 0 Å². The molecule has 0 radical (unpaired) electrons. The summed E-state index contributed by atoms with van der Waals surface area (Å²) in [6.45, 7) is 6.07. The predicted molar refractivity (Wildman–Crippen MR) is 77.6 cm³/mol. The van der Waals surface area contributed by atoms with E-state index in [1.165, 1.54) is 5.56 Å². The van der Waals surface area contributed by atoms with Crippen molar-refractivity contribution in [1.29, 1.82) is 0 Å². The van der Waals surface area contributed by atoms with Crippen LogP contribution < -0.4 is 5.56 Å². The molecule has 0 unspecified atom stereocenters. The Balaban J connectivity index is 2.45. The van der Waals surface area contributed by atoms with Gasteiger partial charge in [0.25, 0.3) is 5.56 Å². The number of benzene rings is 1. The molecule has 0 fully saturated rings. The van der Waals surface area contributed by atoms with E-state index in [1.807, 2.05) is 39.0 Å². The van der Waals surface area contributed by atoms with Crippen molar-refractivity contribution in [2.75, 3.05) is 0 Å². The molecule has 1 aromatic carbocycles. The Labute approximate surface area is 113 Å². The fourth-order valence-corrected chi connectivity index (χ4v) is 2.14. The monoisotopic (exact) mass is 256 g/mol. The Bertz CT molecular complexity index is 600. The van der Waals surface area contributed by atoms with Crippen LogP contribution >= 0.6 is 0 Å². The standard InChI is InChI=1S/C16H20N2O/c1-4-13-14(10-12-8-6-5-7-9-12)17-15(11(2)3)18-16(13)19/h5-9,11H,4,10H2,1-3H3,(H,17,18,19). The third kappa shape index (κ3) is 3.11. The molecule has 0 bridgehead atoms. The van der Waals surface area contributed by atoms with Crippen molar-refractivity contribution in [3.8, 4) is 0 Å². The fourth-order valence-electron chi connectivity index (χ4n) is 2.14.